The van der Waals surface area contributed by atoms with Crippen LogP contribution in [-0.2, 0) is 6.54 Å². The molecular formula is C11H17BrN2. The lowest BCUT2D eigenvalue weighted by atomic mass is 10.1. The number of benzene rings is 1. The zero-order chi connectivity index (χ0) is 10.8. The summed E-state index contributed by atoms with van der Waals surface area (Å²) in [5.74, 6) is 0. The van der Waals surface area contributed by atoms with Crippen LogP contribution >= 0.6 is 15.9 Å². The lowest BCUT2D eigenvalue weighted by molar-refractivity contribution is 0.634. The van der Waals surface area contributed by atoms with Gasteiger partial charge in [-0.2, -0.15) is 0 Å². The Balaban J connectivity index is 2.92. The molecule has 3 heteroatoms. The number of nitrogens with one attached hydrogen (secondary N) is 1. The number of rotatable bonds is 2. The third kappa shape index (κ3) is 3.68. The first-order valence-corrected chi connectivity index (χ1v) is 5.48. The topological polar surface area (TPSA) is 38.0 Å². The van der Waals surface area contributed by atoms with E-state index in [-0.39, 0.29) is 5.54 Å². The van der Waals surface area contributed by atoms with Crippen molar-refractivity contribution in [2.75, 3.05) is 5.32 Å². The van der Waals surface area contributed by atoms with Crippen molar-refractivity contribution < 1.29 is 0 Å². The summed E-state index contributed by atoms with van der Waals surface area (Å²) >= 11 is 3.47. The summed E-state index contributed by atoms with van der Waals surface area (Å²) in [6.45, 7) is 6.97. The van der Waals surface area contributed by atoms with Gasteiger partial charge in [-0.25, -0.2) is 0 Å². The van der Waals surface area contributed by atoms with Crippen molar-refractivity contribution in [1.82, 2.24) is 0 Å². The van der Waals surface area contributed by atoms with Crippen LogP contribution in [0.15, 0.2) is 22.7 Å². The molecule has 0 fully saturated rings. The number of halogens is 1. The molecule has 14 heavy (non-hydrogen) atoms. The summed E-state index contributed by atoms with van der Waals surface area (Å²) in [6, 6.07) is 6.17. The monoisotopic (exact) mass is 256 g/mol. The van der Waals surface area contributed by atoms with Gasteiger partial charge in [0.15, 0.2) is 0 Å². The Kier molecular flexibility index (Phi) is 3.56. The summed E-state index contributed by atoms with van der Waals surface area (Å²) in [7, 11) is 0. The van der Waals surface area contributed by atoms with Gasteiger partial charge in [0.1, 0.15) is 0 Å². The molecule has 1 aromatic rings. The summed E-state index contributed by atoms with van der Waals surface area (Å²) in [5, 5.41) is 3.41. The quantitative estimate of drug-likeness (QED) is 0.854. The van der Waals surface area contributed by atoms with Crippen LogP contribution in [-0.4, -0.2) is 5.54 Å². The van der Waals surface area contributed by atoms with E-state index >= 15 is 0 Å². The number of hydrogen-bond donors (Lipinski definition) is 2. The molecular weight excluding hydrogens is 240 g/mol. The Hall–Kier alpha value is -0.540. The van der Waals surface area contributed by atoms with Crippen LogP contribution in [0.25, 0.3) is 0 Å². The van der Waals surface area contributed by atoms with E-state index in [2.05, 4.69) is 54.2 Å². The van der Waals surface area contributed by atoms with Crippen LogP contribution < -0.4 is 11.1 Å². The maximum Gasteiger partial charge on any atom is 0.0358 e. The fraction of sp³-hybridized carbons (Fsp3) is 0.455. The molecule has 1 rings (SSSR count). The molecule has 0 saturated heterocycles. The van der Waals surface area contributed by atoms with E-state index in [1.165, 1.54) is 0 Å². The van der Waals surface area contributed by atoms with Crippen molar-refractivity contribution in [3.8, 4) is 0 Å². The molecule has 3 N–H and O–H groups in total. The van der Waals surface area contributed by atoms with Crippen LogP contribution in [0.2, 0.25) is 0 Å². The Morgan fingerprint density at radius 2 is 1.93 bits per heavy atom. The van der Waals surface area contributed by atoms with Crippen molar-refractivity contribution >= 4 is 21.6 Å². The minimum Gasteiger partial charge on any atom is -0.380 e. The molecule has 0 heterocycles. The maximum atomic E-state index is 5.60. The van der Waals surface area contributed by atoms with Gasteiger partial charge in [-0.3, -0.25) is 0 Å². The Bertz CT molecular complexity index is 316. The maximum absolute atomic E-state index is 5.60. The van der Waals surface area contributed by atoms with Crippen molar-refractivity contribution in [2.24, 2.45) is 5.73 Å². The van der Waals surface area contributed by atoms with E-state index in [4.69, 9.17) is 5.73 Å². The zero-order valence-corrected chi connectivity index (χ0v) is 10.5. The molecule has 0 amide bonds. The van der Waals surface area contributed by atoms with Gasteiger partial charge in [0.05, 0.1) is 0 Å². The standard InChI is InChI=1S/C11H17BrN2/c1-11(2,3)14-10-5-8(7-13)4-9(12)6-10/h4-6,14H,7,13H2,1-3H3. The summed E-state index contributed by atoms with van der Waals surface area (Å²) in [5.41, 5.74) is 7.91. The minimum absolute atomic E-state index is 0.0761. The van der Waals surface area contributed by atoms with E-state index in [9.17, 15) is 0 Å². The van der Waals surface area contributed by atoms with Crippen molar-refractivity contribution in [3.63, 3.8) is 0 Å². The van der Waals surface area contributed by atoms with E-state index in [0.717, 1.165) is 15.7 Å². The molecule has 0 spiro atoms. The molecule has 2 nitrogen and oxygen atoms in total. The largest absolute Gasteiger partial charge is 0.380 e. The second-order valence-electron chi connectivity index (χ2n) is 4.43. The molecule has 0 unspecified atom stereocenters. The van der Waals surface area contributed by atoms with E-state index in [1.807, 2.05) is 6.07 Å². The molecule has 0 bridgehead atoms. The lowest BCUT2D eigenvalue weighted by Crippen LogP contribution is -2.26. The van der Waals surface area contributed by atoms with Crippen LogP contribution in [0.3, 0.4) is 0 Å². The third-order valence-corrected chi connectivity index (χ3v) is 2.17. The molecule has 0 aliphatic heterocycles. The van der Waals surface area contributed by atoms with Crippen LogP contribution in [0.1, 0.15) is 26.3 Å². The third-order valence-electron chi connectivity index (χ3n) is 1.71. The highest BCUT2D eigenvalue weighted by molar-refractivity contribution is 9.10. The molecule has 0 aliphatic rings. The summed E-state index contributed by atoms with van der Waals surface area (Å²) < 4.78 is 1.06. The fourth-order valence-corrected chi connectivity index (χ4v) is 1.81. The highest BCUT2D eigenvalue weighted by Gasteiger charge is 2.09. The lowest BCUT2D eigenvalue weighted by Gasteiger charge is -2.22. The van der Waals surface area contributed by atoms with Crippen LogP contribution in [0, 0.1) is 0 Å². The number of hydrogen-bond acceptors (Lipinski definition) is 2. The molecule has 0 saturated carbocycles. The minimum atomic E-state index is 0.0761. The number of nitrogens with two attached hydrogens (primary N) is 1. The molecule has 0 aromatic heterocycles. The second kappa shape index (κ2) is 4.32. The van der Waals surface area contributed by atoms with Crippen LogP contribution in [0.5, 0.6) is 0 Å². The van der Waals surface area contributed by atoms with Crippen molar-refractivity contribution in [2.45, 2.75) is 32.9 Å². The predicted octanol–water partition coefficient (Wildman–Crippen LogP) is 3.12. The van der Waals surface area contributed by atoms with Gasteiger partial charge < -0.3 is 11.1 Å². The summed E-state index contributed by atoms with van der Waals surface area (Å²) in [6.07, 6.45) is 0. The Labute approximate surface area is 94.0 Å². The van der Waals surface area contributed by atoms with Crippen LogP contribution in [0.4, 0.5) is 5.69 Å². The molecule has 78 valence electrons. The molecule has 1 aromatic carbocycles. The average molecular weight is 257 g/mol. The van der Waals surface area contributed by atoms with Crippen molar-refractivity contribution in [1.29, 1.82) is 0 Å². The SMILES string of the molecule is CC(C)(C)Nc1cc(Br)cc(CN)c1. The fourth-order valence-electron chi connectivity index (χ4n) is 1.27. The first-order valence-electron chi connectivity index (χ1n) is 4.68. The second-order valence-corrected chi connectivity index (χ2v) is 5.34. The Morgan fingerprint density at radius 3 is 2.43 bits per heavy atom. The van der Waals surface area contributed by atoms with Gasteiger partial charge >= 0.3 is 0 Å². The highest BCUT2D eigenvalue weighted by atomic mass is 79.9. The van der Waals surface area contributed by atoms with E-state index < -0.39 is 0 Å². The molecule has 0 atom stereocenters. The van der Waals surface area contributed by atoms with Crippen molar-refractivity contribution in [3.05, 3.63) is 28.2 Å². The Morgan fingerprint density at radius 1 is 1.29 bits per heavy atom. The smallest absolute Gasteiger partial charge is 0.0358 e. The summed E-state index contributed by atoms with van der Waals surface area (Å²) in [4.78, 5) is 0. The first-order chi connectivity index (χ1) is 6.40. The zero-order valence-electron chi connectivity index (χ0n) is 8.89. The van der Waals surface area contributed by atoms with E-state index in [1.54, 1.807) is 0 Å². The van der Waals surface area contributed by atoms with Gasteiger partial charge in [-0.1, -0.05) is 15.9 Å². The number of anilines is 1. The van der Waals surface area contributed by atoms with Gasteiger partial charge in [-0.15, -0.1) is 0 Å². The molecule has 0 radical (unpaired) electrons. The predicted molar refractivity (Wildman–Crippen MR) is 65.4 cm³/mol. The van der Waals surface area contributed by atoms with Gasteiger partial charge in [-0.05, 0) is 44.5 Å². The highest BCUT2D eigenvalue weighted by Crippen LogP contribution is 2.22. The van der Waals surface area contributed by atoms with E-state index in [0.29, 0.717) is 6.54 Å². The average Bonchev–Trinajstić information content (AvgIpc) is 1.99. The van der Waals surface area contributed by atoms with Gasteiger partial charge in [0, 0.05) is 22.2 Å². The van der Waals surface area contributed by atoms with Gasteiger partial charge in [0.2, 0.25) is 0 Å². The molecule has 0 aliphatic carbocycles. The normalized spacial score (nSPS) is 11.5. The first kappa shape index (κ1) is 11.5. The van der Waals surface area contributed by atoms with Gasteiger partial charge in [0.25, 0.3) is 0 Å².